The maximum atomic E-state index is 12.2. The number of hydrogen-bond donors (Lipinski definition) is 0. The molecule has 7 heteroatoms. The van der Waals surface area contributed by atoms with Crippen LogP contribution in [-0.2, 0) is 0 Å². The van der Waals surface area contributed by atoms with E-state index in [0.717, 1.165) is 12.1 Å². The average Bonchev–Trinajstić information content (AvgIpc) is 2.00. The molecule has 0 heterocycles. The van der Waals surface area contributed by atoms with Gasteiger partial charge in [-0.2, -0.15) is 0 Å². The third-order valence-electron chi connectivity index (χ3n) is 1.46. The lowest BCUT2D eigenvalue weighted by molar-refractivity contribution is 0.111. The Morgan fingerprint density at radius 2 is 1.50 bits per heavy atom. The third kappa shape index (κ3) is 2.22. The van der Waals surface area contributed by atoms with Crippen LogP contribution in [0.5, 0.6) is 0 Å². The van der Waals surface area contributed by atoms with Crippen LogP contribution in [0.1, 0.15) is 10.4 Å². The Morgan fingerprint density at radius 1 is 1.00 bits per heavy atom. The second kappa shape index (κ2) is 2.28. The van der Waals surface area contributed by atoms with Gasteiger partial charge in [0.25, 0.3) is 0 Å². The van der Waals surface area contributed by atoms with Gasteiger partial charge in [-0.05, 0) is 6.07 Å². The Balaban J connectivity index is 3.57. The first-order valence-corrected chi connectivity index (χ1v) is 5.28. The van der Waals surface area contributed by atoms with Crippen molar-refractivity contribution in [3.63, 3.8) is 0 Å². The summed E-state index contributed by atoms with van der Waals surface area (Å²) in [5, 5.41) is 0. The standard InChI is InChI=1S/C7H5F5OS/c8-14(9,10,11,12)7-4-2-1-3-6(7)5-13/h1-5H. The number of aldehydes is 1. The summed E-state index contributed by atoms with van der Waals surface area (Å²) in [5.74, 6) is 0. The molecule has 0 amide bonds. The number of benzene rings is 1. The van der Waals surface area contributed by atoms with Crippen LogP contribution in [0, 0.1) is 0 Å². The first-order valence-electron chi connectivity index (χ1n) is 3.33. The fourth-order valence-corrected chi connectivity index (χ4v) is 1.83. The van der Waals surface area contributed by atoms with Crippen molar-refractivity contribution in [2.24, 2.45) is 0 Å². The summed E-state index contributed by atoms with van der Waals surface area (Å²) < 4.78 is 61.2. The Labute approximate surface area is 76.3 Å². The fourth-order valence-electron chi connectivity index (χ4n) is 0.929. The van der Waals surface area contributed by atoms with Gasteiger partial charge in [0.15, 0.2) is 6.29 Å². The maximum absolute atomic E-state index is 12.2. The summed E-state index contributed by atoms with van der Waals surface area (Å²) in [6, 6.07) is 2.78. The zero-order chi connectivity index (χ0) is 11.1. The smallest absolute Gasteiger partial charge is 0.298 e. The molecule has 80 valence electrons. The topological polar surface area (TPSA) is 17.1 Å². The summed E-state index contributed by atoms with van der Waals surface area (Å²) in [6.45, 7) is 0. The molecule has 0 aromatic heterocycles. The highest BCUT2D eigenvalue weighted by atomic mass is 32.5. The van der Waals surface area contributed by atoms with Crippen molar-refractivity contribution >= 4 is 16.5 Å². The van der Waals surface area contributed by atoms with Gasteiger partial charge in [0.1, 0.15) is 4.90 Å². The van der Waals surface area contributed by atoms with Gasteiger partial charge in [-0.25, -0.2) is 0 Å². The molecule has 0 radical (unpaired) electrons. The average molecular weight is 232 g/mol. The van der Waals surface area contributed by atoms with E-state index in [1.807, 2.05) is 0 Å². The van der Waals surface area contributed by atoms with Crippen molar-refractivity contribution in [2.45, 2.75) is 4.90 Å². The van der Waals surface area contributed by atoms with Gasteiger partial charge < -0.3 is 0 Å². The molecule has 14 heavy (non-hydrogen) atoms. The molecule has 0 fully saturated rings. The second-order valence-electron chi connectivity index (χ2n) is 2.62. The summed E-state index contributed by atoms with van der Waals surface area (Å²) >= 11 is 0. The molecule has 1 nitrogen and oxygen atoms in total. The summed E-state index contributed by atoms with van der Waals surface area (Å²) in [5.41, 5.74) is -1.05. The van der Waals surface area contributed by atoms with Crippen molar-refractivity contribution in [2.75, 3.05) is 0 Å². The van der Waals surface area contributed by atoms with E-state index in [1.54, 1.807) is 0 Å². The Bertz CT molecular complexity index is 381. The van der Waals surface area contributed by atoms with Crippen molar-refractivity contribution < 1.29 is 24.2 Å². The predicted molar refractivity (Wildman–Crippen MR) is 43.2 cm³/mol. The highest BCUT2D eigenvalue weighted by molar-refractivity contribution is 8.45. The molecule has 0 bridgehead atoms. The molecule has 0 saturated carbocycles. The van der Waals surface area contributed by atoms with E-state index in [-0.39, 0.29) is 12.4 Å². The van der Waals surface area contributed by atoms with Gasteiger partial charge >= 0.3 is 10.2 Å². The lowest BCUT2D eigenvalue weighted by Crippen LogP contribution is -2.08. The minimum atomic E-state index is -9.73. The highest BCUT2D eigenvalue weighted by Gasteiger charge is 2.66. The van der Waals surface area contributed by atoms with E-state index in [0.29, 0.717) is 6.07 Å². The SMILES string of the molecule is O=Cc1ccccc1S(F)(F)(F)(F)F. The molecule has 0 atom stereocenters. The predicted octanol–water partition coefficient (Wildman–Crippen LogP) is 4.16. The van der Waals surface area contributed by atoms with Gasteiger partial charge in [0.2, 0.25) is 0 Å². The molecule has 0 aliphatic rings. The molecule has 0 N–H and O–H groups in total. The van der Waals surface area contributed by atoms with Crippen LogP contribution < -0.4 is 0 Å². The van der Waals surface area contributed by atoms with Gasteiger partial charge in [-0.1, -0.05) is 37.6 Å². The van der Waals surface area contributed by atoms with Crippen LogP contribution in [0.2, 0.25) is 0 Å². The Morgan fingerprint density at radius 3 is 1.86 bits per heavy atom. The largest absolute Gasteiger partial charge is 0.311 e. The van der Waals surface area contributed by atoms with Crippen LogP contribution in [0.15, 0.2) is 29.2 Å². The molecule has 1 rings (SSSR count). The minimum absolute atomic E-state index is 0.200. The first-order chi connectivity index (χ1) is 6.04. The van der Waals surface area contributed by atoms with Crippen molar-refractivity contribution in [3.05, 3.63) is 29.8 Å². The van der Waals surface area contributed by atoms with E-state index in [2.05, 4.69) is 0 Å². The van der Waals surface area contributed by atoms with Crippen molar-refractivity contribution in [1.29, 1.82) is 0 Å². The monoisotopic (exact) mass is 232 g/mol. The summed E-state index contributed by atoms with van der Waals surface area (Å²) in [7, 11) is -9.73. The second-order valence-corrected chi connectivity index (χ2v) is 5.00. The van der Waals surface area contributed by atoms with E-state index >= 15 is 0 Å². The van der Waals surface area contributed by atoms with Crippen LogP contribution in [0.4, 0.5) is 19.4 Å². The van der Waals surface area contributed by atoms with Crippen molar-refractivity contribution in [3.8, 4) is 0 Å². The van der Waals surface area contributed by atoms with Crippen LogP contribution in [-0.4, -0.2) is 6.29 Å². The van der Waals surface area contributed by atoms with Gasteiger partial charge in [0.05, 0.1) is 0 Å². The van der Waals surface area contributed by atoms with E-state index in [4.69, 9.17) is 0 Å². The molecule has 1 aromatic rings. The minimum Gasteiger partial charge on any atom is -0.298 e. The number of carbonyl (C=O) groups excluding carboxylic acids is 1. The van der Waals surface area contributed by atoms with Gasteiger partial charge in [0, 0.05) is 5.56 Å². The number of rotatable bonds is 2. The fraction of sp³-hybridized carbons (Fsp3) is 0. The molecule has 0 unspecified atom stereocenters. The normalized spacial score (nSPS) is 16.9. The van der Waals surface area contributed by atoms with Crippen molar-refractivity contribution in [1.82, 2.24) is 0 Å². The highest BCUT2D eigenvalue weighted by Crippen LogP contribution is 3.02. The molecule has 0 saturated heterocycles. The first kappa shape index (κ1) is 11.0. The molecule has 1 aromatic carbocycles. The molecular formula is C7H5F5OS. The Hall–Kier alpha value is -1.11. The number of hydrogen-bond acceptors (Lipinski definition) is 1. The third-order valence-corrected chi connectivity index (χ3v) is 2.66. The zero-order valence-corrected chi connectivity index (χ0v) is 7.41. The summed E-state index contributed by atoms with van der Waals surface area (Å²) in [6.07, 6.45) is -0.243. The van der Waals surface area contributed by atoms with Gasteiger partial charge in [-0.15, -0.1) is 0 Å². The van der Waals surface area contributed by atoms with Crippen LogP contribution in [0.25, 0.3) is 0 Å². The zero-order valence-electron chi connectivity index (χ0n) is 6.59. The Kier molecular flexibility index (Phi) is 1.78. The van der Waals surface area contributed by atoms with Crippen LogP contribution >= 0.6 is 10.2 Å². The molecule has 0 spiro atoms. The van der Waals surface area contributed by atoms with E-state index in [9.17, 15) is 24.2 Å². The maximum Gasteiger partial charge on any atom is 0.311 e. The lowest BCUT2D eigenvalue weighted by Gasteiger charge is -2.41. The van der Waals surface area contributed by atoms with E-state index in [1.165, 1.54) is 0 Å². The molecule has 0 aliphatic heterocycles. The van der Waals surface area contributed by atoms with E-state index < -0.39 is 20.7 Å². The van der Waals surface area contributed by atoms with Gasteiger partial charge in [-0.3, -0.25) is 4.79 Å². The molecule has 0 aliphatic carbocycles. The van der Waals surface area contributed by atoms with Crippen LogP contribution in [0.3, 0.4) is 0 Å². The quantitative estimate of drug-likeness (QED) is 0.552. The molecular weight excluding hydrogens is 227 g/mol. The lowest BCUT2D eigenvalue weighted by atomic mass is 10.2. The number of halogens is 5. The summed E-state index contributed by atoms with van der Waals surface area (Å²) in [4.78, 5) is 8.01. The number of carbonyl (C=O) groups is 1.